The van der Waals surface area contributed by atoms with E-state index < -0.39 is 0 Å². The standard InChI is InChI=1S/C5H8N2OS/c1-5(2,9)4-6-3-7-8-4/h3,9H,1-2H3. The first kappa shape index (κ1) is 6.61. The van der Waals surface area contributed by atoms with Gasteiger partial charge in [-0.2, -0.15) is 17.6 Å². The van der Waals surface area contributed by atoms with Crippen molar-refractivity contribution in [3.63, 3.8) is 0 Å². The number of rotatable bonds is 1. The fourth-order valence-electron chi connectivity index (χ4n) is 0.443. The lowest BCUT2D eigenvalue weighted by atomic mass is 10.2. The van der Waals surface area contributed by atoms with Crippen molar-refractivity contribution < 1.29 is 4.52 Å². The molecule has 1 rings (SSSR count). The molecule has 0 saturated heterocycles. The Morgan fingerprint density at radius 1 is 1.67 bits per heavy atom. The van der Waals surface area contributed by atoms with E-state index in [4.69, 9.17) is 4.52 Å². The largest absolute Gasteiger partial charge is 0.338 e. The Morgan fingerprint density at radius 2 is 2.33 bits per heavy atom. The summed E-state index contributed by atoms with van der Waals surface area (Å²) in [6.07, 6.45) is 1.37. The van der Waals surface area contributed by atoms with Crippen LogP contribution in [0.4, 0.5) is 0 Å². The fraction of sp³-hybridized carbons (Fsp3) is 0.600. The van der Waals surface area contributed by atoms with Crippen LogP contribution in [0.1, 0.15) is 19.7 Å². The number of thiol groups is 1. The minimum Gasteiger partial charge on any atom is -0.338 e. The molecule has 1 aromatic rings. The summed E-state index contributed by atoms with van der Waals surface area (Å²) in [6, 6.07) is 0. The molecular formula is C5H8N2OS. The van der Waals surface area contributed by atoms with Crippen molar-refractivity contribution in [3.05, 3.63) is 12.2 Å². The maximum absolute atomic E-state index is 4.76. The van der Waals surface area contributed by atoms with Crippen molar-refractivity contribution in [1.29, 1.82) is 0 Å². The molecule has 0 amide bonds. The summed E-state index contributed by atoms with van der Waals surface area (Å²) in [6.45, 7) is 3.78. The van der Waals surface area contributed by atoms with Gasteiger partial charge in [0, 0.05) is 0 Å². The third-order valence-corrected chi connectivity index (χ3v) is 1.08. The summed E-state index contributed by atoms with van der Waals surface area (Å²) in [5.74, 6) is 0.547. The molecule has 9 heavy (non-hydrogen) atoms. The van der Waals surface area contributed by atoms with Gasteiger partial charge in [0.2, 0.25) is 5.89 Å². The summed E-state index contributed by atoms with van der Waals surface area (Å²) in [5.41, 5.74) is 0. The van der Waals surface area contributed by atoms with Crippen molar-refractivity contribution in [2.75, 3.05) is 0 Å². The molecule has 0 aliphatic carbocycles. The van der Waals surface area contributed by atoms with Crippen LogP contribution in [0.2, 0.25) is 0 Å². The number of aromatic nitrogens is 2. The lowest BCUT2D eigenvalue weighted by Crippen LogP contribution is -2.07. The molecule has 1 heterocycles. The minimum absolute atomic E-state index is 0.323. The maximum Gasteiger partial charge on any atom is 0.241 e. The quantitative estimate of drug-likeness (QED) is 0.602. The molecule has 0 aliphatic rings. The third-order valence-electron chi connectivity index (χ3n) is 0.885. The van der Waals surface area contributed by atoms with E-state index in [1.54, 1.807) is 0 Å². The zero-order valence-electron chi connectivity index (χ0n) is 5.33. The summed E-state index contributed by atoms with van der Waals surface area (Å²) in [4.78, 5) is 3.83. The molecule has 0 aliphatic heterocycles. The highest BCUT2D eigenvalue weighted by Gasteiger charge is 2.20. The van der Waals surface area contributed by atoms with Gasteiger partial charge in [-0.1, -0.05) is 5.16 Å². The van der Waals surface area contributed by atoms with Crippen molar-refractivity contribution in [2.45, 2.75) is 18.6 Å². The average Bonchev–Trinajstić information content (AvgIpc) is 2.08. The first-order valence-electron chi connectivity index (χ1n) is 2.60. The molecule has 0 unspecified atom stereocenters. The number of hydrogen-bond donors (Lipinski definition) is 1. The zero-order valence-corrected chi connectivity index (χ0v) is 6.22. The number of nitrogens with zero attached hydrogens (tertiary/aromatic N) is 2. The second-order valence-electron chi connectivity index (χ2n) is 2.31. The molecule has 0 N–H and O–H groups in total. The normalized spacial score (nSPS) is 11.9. The zero-order chi connectivity index (χ0) is 6.91. The SMILES string of the molecule is CC(C)(S)c1ncno1. The molecule has 0 spiro atoms. The van der Waals surface area contributed by atoms with Crippen LogP contribution in [0.25, 0.3) is 0 Å². The van der Waals surface area contributed by atoms with Crippen molar-refractivity contribution >= 4 is 12.6 Å². The molecule has 0 saturated carbocycles. The topological polar surface area (TPSA) is 38.9 Å². The maximum atomic E-state index is 4.76. The van der Waals surface area contributed by atoms with Crippen LogP contribution in [0.5, 0.6) is 0 Å². The lowest BCUT2D eigenvalue weighted by molar-refractivity contribution is 0.354. The molecule has 0 fully saturated rings. The van der Waals surface area contributed by atoms with E-state index in [-0.39, 0.29) is 4.75 Å². The molecule has 50 valence electrons. The smallest absolute Gasteiger partial charge is 0.241 e. The molecule has 3 nitrogen and oxygen atoms in total. The predicted octanol–water partition coefficient (Wildman–Crippen LogP) is 1.23. The second-order valence-corrected chi connectivity index (χ2v) is 3.42. The van der Waals surface area contributed by atoms with Crippen LogP contribution in [0.3, 0.4) is 0 Å². The lowest BCUT2D eigenvalue weighted by Gasteiger charge is -2.08. The fourth-order valence-corrected chi connectivity index (χ4v) is 0.541. The molecule has 0 atom stereocenters. The van der Waals surface area contributed by atoms with Gasteiger partial charge < -0.3 is 4.52 Å². The molecule has 4 heteroatoms. The Morgan fingerprint density at radius 3 is 2.56 bits per heavy atom. The first-order valence-corrected chi connectivity index (χ1v) is 3.05. The molecule has 1 aromatic heterocycles. The van der Waals surface area contributed by atoms with Gasteiger partial charge in [0.15, 0.2) is 6.33 Å². The Hall–Kier alpha value is -0.510. The van der Waals surface area contributed by atoms with Crippen LogP contribution >= 0.6 is 12.6 Å². The van der Waals surface area contributed by atoms with Crippen molar-refractivity contribution in [1.82, 2.24) is 10.1 Å². The molecule has 0 radical (unpaired) electrons. The van der Waals surface area contributed by atoms with Gasteiger partial charge in [-0.25, -0.2) is 0 Å². The van der Waals surface area contributed by atoms with Gasteiger partial charge in [-0.15, -0.1) is 0 Å². The molecular weight excluding hydrogens is 136 g/mol. The highest BCUT2D eigenvalue weighted by Crippen LogP contribution is 2.23. The van der Waals surface area contributed by atoms with Crippen molar-refractivity contribution in [2.24, 2.45) is 0 Å². The first-order chi connectivity index (χ1) is 4.11. The Labute approximate surface area is 58.9 Å². The van der Waals surface area contributed by atoms with Crippen LogP contribution < -0.4 is 0 Å². The van der Waals surface area contributed by atoms with Crippen LogP contribution in [-0.2, 0) is 4.75 Å². The Bertz CT molecular complexity index is 177. The van der Waals surface area contributed by atoms with Crippen LogP contribution in [-0.4, -0.2) is 10.1 Å². The van der Waals surface area contributed by atoms with E-state index in [0.29, 0.717) is 5.89 Å². The van der Waals surface area contributed by atoms with Gasteiger partial charge in [0.1, 0.15) is 0 Å². The monoisotopic (exact) mass is 144 g/mol. The van der Waals surface area contributed by atoms with Gasteiger partial charge in [-0.05, 0) is 13.8 Å². The van der Waals surface area contributed by atoms with E-state index in [1.807, 2.05) is 13.8 Å². The predicted molar refractivity (Wildman–Crippen MR) is 36.3 cm³/mol. The number of hydrogen-bond acceptors (Lipinski definition) is 4. The average molecular weight is 144 g/mol. The highest BCUT2D eigenvalue weighted by atomic mass is 32.1. The molecule has 0 bridgehead atoms. The van der Waals surface area contributed by atoms with Crippen LogP contribution in [0.15, 0.2) is 10.9 Å². The third kappa shape index (κ3) is 1.45. The van der Waals surface area contributed by atoms with E-state index in [2.05, 4.69) is 22.8 Å². The van der Waals surface area contributed by atoms with E-state index in [1.165, 1.54) is 6.33 Å². The van der Waals surface area contributed by atoms with Gasteiger partial charge >= 0.3 is 0 Å². The van der Waals surface area contributed by atoms with E-state index >= 15 is 0 Å². The summed E-state index contributed by atoms with van der Waals surface area (Å²) >= 11 is 4.21. The van der Waals surface area contributed by atoms with Gasteiger partial charge in [0.25, 0.3) is 0 Å². The minimum atomic E-state index is -0.323. The Balaban J connectivity index is 2.90. The highest BCUT2D eigenvalue weighted by molar-refractivity contribution is 7.81. The van der Waals surface area contributed by atoms with Crippen molar-refractivity contribution in [3.8, 4) is 0 Å². The second kappa shape index (κ2) is 2.02. The summed E-state index contributed by atoms with van der Waals surface area (Å²) in [5, 5.41) is 3.45. The van der Waals surface area contributed by atoms with Gasteiger partial charge in [0.05, 0.1) is 4.75 Å². The van der Waals surface area contributed by atoms with Gasteiger partial charge in [-0.3, -0.25) is 0 Å². The Kier molecular flexibility index (Phi) is 1.48. The summed E-state index contributed by atoms with van der Waals surface area (Å²) in [7, 11) is 0. The van der Waals surface area contributed by atoms with E-state index in [9.17, 15) is 0 Å². The molecule has 0 aromatic carbocycles. The van der Waals surface area contributed by atoms with Crippen LogP contribution in [0, 0.1) is 0 Å². The summed E-state index contributed by atoms with van der Waals surface area (Å²) < 4.78 is 4.44. The van der Waals surface area contributed by atoms with E-state index in [0.717, 1.165) is 0 Å².